The average Bonchev–Trinajstić information content (AvgIpc) is 2.57. The Morgan fingerprint density at radius 3 is 1.35 bits per heavy atom. The second-order valence-electron chi connectivity index (χ2n) is 9.65. The third kappa shape index (κ3) is 5.59. The third-order valence-electron chi connectivity index (χ3n) is 5.74. The lowest BCUT2D eigenvalue weighted by atomic mass is 9.77. The van der Waals surface area contributed by atoms with Crippen molar-refractivity contribution in [3.8, 4) is 0 Å². The molecule has 138 valence electrons. The maximum absolute atomic E-state index is 2.40. The minimum Gasteiger partial charge on any atom is -0.0813 e. The normalized spacial score (nSPS) is 22.5. The summed E-state index contributed by atoms with van der Waals surface area (Å²) in [7, 11) is 0. The second kappa shape index (κ2) is 7.82. The van der Waals surface area contributed by atoms with Crippen LogP contribution in [0.4, 0.5) is 0 Å². The fourth-order valence-electron chi connectivity index (χ4n) is 4.10. The Morgan fingerprint density at radius 2 is 1.00 bits per heavy atom. The molecular formula is C26H34. The number of benzene rings is 1. The SMILES string of the molecule is CC1(C)CCC=C(/C=C/c2ccc(/C=C/C3=CCCC(C)(C)C3)cc2)C1. The quantitative estimate of drug-likeness (QED) is 0.518. The van der Waals surface area contributed by atoms with Crippen molar-refractivity contribution < 1.29 is 0 Å². The van der Waals surface area contributed by atoms with Gasteiger partial charge in [-0.2, -0.15) is 0 Å². The van der Waals surface area contributed by atoms with E-state index in [9.17, 15) is 0 Å². The van der Waals surface area contributed by atoms with Crippen LogP contribution in [0, 0.1) is 10.8 Å². The molecule has 2 aliphatic rings. The molecule has 0 N–H and O–H groups in total. The first-order chi connectivity index (χ1) is 12.3. The zero-order valence-corrected chi connectivity index (χ0v) is 17.0. The first-order valence-corrected chi connectivity index (χ1v) is 10.2. The maximum atomic E-state index is 2.40. The van der Waals surface area contributed by atoms with Gasteiger partial charge in [0.05, 0.1) is 0 Å². The van der Waals surface area contributed by atoms with Gasteiger partial charge in [0.15, 0.2) is 0 Å². The number of hydrogen-bond acceptors (Lipinski definition) is 0. The second-order valence-corrected chi connectivity index (χ2v) is 9.65. The van der Waals surface area contributed by atoms with E-state index >= 15 is 0 Å². The Kier molecular flexibility index (Phi) is 5.70. The van der Waals surface area contributed by atoms with Gasteiger partial charge in [0.25, 0.3) is 0 Å². The fourth-order valence-corrected chi connectivity index (χ4v) is 4.10. The van der Waals surface area contributed by atoms with Crippen LogP contribution < -0.4 is 0 Å². The van der Waals surface area contributed by atoms with Crippen LogP contribution in [0.15, 0.2) is 59.7 Å². The van der Waals surface area contributed by atoms with Gasteiger partial charge in [0.1, 0.15) is 0 Å². The molecule has 0 heterocycles. The summed E-state index contributed by atoms with van der Waals surface area (Å²) in [5, 5.41) is 0. The lowest BCUT2D eigenvalue weighted by Crippen LogP contribution is -2.14. The summed E-state index contributed by atoms with van der Waals surface area (Å²) in [6, 6.07) is 8.90. The van der Waals surface area contributed by atoms with Crippen LogP contribution in [0.3, 0.4) is 0 Å². The van der Waals surface area contributed by atoms with Crippen molar-refractivity contribution in [1.82, 2.24) is 0 Å². The molecule has 0 aromatic heterocycles. The van der Waals surface area contributed by atoms with Gasteiger partial charge in [-0.05, 0) is 60.5 Å². The molecule has 0 aliphatic heterocycles. The highest BCUT2D eigenvalue weighted by Crippen LogP contribution is 2.36. The standard InChI is InChI=1S/C26H34/c1-25(2)17-5-7-23(19-25)15-13-21-9-11-22(12-10-21)14-16-24-8-6-18-26(3,4)20-24/h7-16H,5-6,17-20H2,1-4H3/b15-13+,16-14+. The fraction of sp³-hybridized carbons (Fsp3) is 0.462. The molecule has 1 aromatic carbocycles. The molecule has 26 heavy (non-hydrogen) atoms. The van der Waals surface area contributed by atoms with Crippen molar-refractivity contribution in [2.24, 2.45) is 10.8 Å². The zero-order valence-electron chi connectivity index (χ0n) is 17.0. The summed E-state index contributed by atoms with van der Waals surface area (Å²) in [6.07, 6.45) is 21.3. The average molecular weight is 347 g/mol. The molecular weight excluding hydrogens is 312 g/mol. The van der Waals surface area contributed by atoms with Crippen LogP contribution in [0.1, 0.15) is 77.3 Å². The van der Waals surface area contributed by atoms with Gasteiger partial charge in [-0.1, -0.05) is 99.6 Å². The van der Waals surface area contributed by atoms with Crippen molar-refractivity contribution in [2.75, 3.05) is 0 Å². The number of rotatable bonds is 4. The monoisotopic (exact) mass is 346 g/mol. The Bertz CT molecular complexity index is 668. The van der Waals surface area contributed by atoms with E-state index in [0.29, 0.717) is 10.8 Å². The van der Waals surface area contributed by atoms with Gasteiger partial charge in [0.2, 0.25) is 0 Å². The molecule has 0 amide bonds. The largest absolute Gasteiger partial charge is 0.0813 e. The summed E-state index contributed by atoms with van der Waals surface area (Å²) < 4.78 is 0. The molecule has 0 spiro atoms. The van der Waals surface area contributed by atoms with Gasteiger partial charge >= 0.3 is 0 Å². The predicted molar refractivity (Wildman–Crippen MR) is 116 cm³/mol. The lowest BCUT2D eigenvalue weighted by Gasteiger charge is -2.28. The molecule has 0 nitrogen and oxygen atoms in total. The summed E-state index contributed by atoms with van der Waals surface area (Å²) in [5.41, 5.74) is 6.43. The van der Waals surface area contributed by atoms with Crippen LogP contribution >= 0.6 is 0 Å². The van der Waals surface area contributed by atoms with Gasteiger partial charge in [-0.15, -0.1) is 0 Å². The molecule has 0 fully saturated rings. The van der Waals surface area contributed by atoms with Gasteiger partial charge in [0, 0.05) is 0 Å². The van der Waals surface area contributed by atoms with Crippen LogP contribution in [0.5, 0.6) is 0 Å². The lowest BCUT2D eigenvalue weighted by molar-refractivity contribution is 0.323. The Labute approximate surface area is 160 Å². The van der Waals surface area contributed by atoms with Crippen molar-refractivity contribution >= 4 is 12.2 Å². The first-order valence-electron chi connectivity index (χ1n) is 10.2. The molecule has 0 bridgehead atoms. The van der Waals surface area contributed by atoms with Crippen molar-refractivity contribution in [1.29, 1.82) is 0 Å². The van der Waals surface area contributed by atoms with E-state index in [1.54, 1.807) is 0 Å². The zero-order chi connectivity index (χ0) is 18.6. The molecule has 2 aliphatic carbocycles. The molecule has 0 unspecified atom stereocenters. The molecule has 0 saturated carbocycles. The summed E-state index contributed by atoms with van der Waals surface area (Å²) in [5.74, 6) is 0. The van der Waals surface area contributed by atoms with Gasteiger partial charge < -0.3 is 0 Å². The Morgan fingerprint density at radius 1 is 0.615 bits per heavy atom. The Hall–Kier alpha value is -1.82. The summed E-state index contributed by atoms with van der Waals surface area (Å²) in [4.78, 5) is 0. The highest BCUT2D eigenvalue weighted by Gasteiger charge is 2.22. The first kappa shape index (κ1) is 19.0. The smallest absolute Gasteiger partial charge is 0.0230 e. The minimum atomic E-state index is 0.450. The van der Waals surface area contributed by atoms with E-state index < -0.39 is 0 Å². The summed E-state index contributed by atoms with van der Waals surface area (Å²) >= 11 is 0. The molecule has 1 aromatic rings. The van der Waals surface area contributed by atoms with Crippen molar-refractivity contribution in [3.05, 3.63) is 70.8 Å². The van der Waals surface area contributed by atoms with Crippen LogP contribution in [-0.2, 0) is 0 Å². The molecule has 0 heteroatoms. The predicted octanol–water partition coefficient (Wildman–Crippen LogP) is 7.99. The van der Waals surface area contributed by atoms with Crippen LogP contribution in [0.2, 0.25) is 0 Å². The van der Waals surface area contributed by atoms with Crippen molar-refractivity contribution in [3.63, 3.8) is 0 Å². The van der Waals surface area contributed by atoms with Crippen LogP contribution in [-0.4, -0.2) is 0 Å². The highest BCUT2D eigenvalue weighted by molar-refractivity contribution is 5.59. The van der Waals surface area contributed by atoms with E-state index in [4.69, 9.17) is 0 Å². The summed E-state index contributed by atoms with van der Waals surface area (Å²) in [6.45, 7) is 9.49. The number of allylic oxidation sites excluding steroid dienone is 6. The Balaban J connectivity index is 1.60. The highest BCUT2D eigenvalue weighted by atomic mass is 14.3. The van der Waals surface area contributed by atoms with Crippen molar-refractivity contribution in [2.45, 2.75) is 66.2 Å². The maximum Gasteiger partial charge on any atom is -0.0230 e. The molecule has 0 atom stereocenters. The third-order valence-corrected chi connectivity index (χ3v) is 5.74. The van der Waals surface area contributed by atoms with E-state index in [-0.39, 0.29) is 0 Å². The topological polar surface area (TPSA) is 0 Å². The molecule has 0 radical (unpaired) electrons. The van der Waals surface area contributed by atoms with E-state index in [1.807, 2.05) is 0 Å². The number of hydrogen-bond donors (Lipinski definition) is 0. The van der Waals surface area contributed by atoms with Gasteiger partial charge in [-0.3, -0.25) is 0 Å². The van der Waals surface area contributed by atoms with E-state index in [2.05, 4.69) is 88.4 Å². The minimum absolute atomic E-state index is 0.450. The molecule has 3 rings (SSSR count). The van der Waals surface area contributed by atoms with E-state index in [0.717, 1.165) is 0 Å². The van der Waals surface area contributed by atoms with E-state index in [1.165, 1.54) is 60.8 Å². The van der Waals surface area contributed by atoms with Crippen LogP contribution in [0.25, 0.3) is 12.2 Å². The molecule has 0 saturated heterocycles. The van der Waals surface area contributed by atoms with Gasteiger partial charge in [-0.25, -0.2) is 0 Å².